The summed E-state index contributed by atoms with van der Waals surface area (Å²) in [4.78, 5) is 38.1. The molecule has 0 radical (unpaired) electrons. The molecule has 150 valence electrons. The third-order valence-electron chi connectivity index (χ3n) is 3.15. The van der Waals surface area contributed by atoms with Gasteiger partial charge in [0.25, 0.3) is 0 Å². The Balaban J connectivity index is 5.35. The summed E-state index contributed by atoms with van der Waals surface area (Å²) in [7, 11) is 1.69. The fourth-order valence-electron chi connectivity index (χ4n) is 2.17. The molecule has 0 aromatic heterocycles. The van der Waals surface area contributed by atoms with Gasteiger partial charge in [-0.05, 0) is 20.3 Å². The molecule has 0 aromatic carbocycles. The van der Waals surface area contributed by atoms with Crippen molar-refractivity contribution in [3.05, 3.63) is 0 Å². The largest absolute Gasteiger partial charge is 0.463 e. The highest BCUT2D eigenvalue weighted by molar-refractivity contribution is 8.14. The van der Waals surface area contributed by atoms with Crippen LogP contribution in [0, 0.1) is 0 Å². The second kappa shape index (κ2) is 12.7. The van der Waals surface area contributed by atoms with Crippen molar-refractivity contribution in [1.82, 2.24) is 0 Å². The van der Waals surface area contributed by atoms with E-state index in [1.807, 2.05) is 13.8 Å². The zero-order valence-electron chi connectivity index (χ0n) is 16.4. The SMILES string of the molecule is CC/C(=N/C)SC(C)O[C@H](COC(C)=O)[C@@H](OC(C)=O)[C@@H](C)OC(C)=O. The lowest BCUT2D eigenvalue weighted by Gasteiger charge is -2.32. The molecule has 4 atom stereocenters. The standard InChI is InChI=1S/C17H29NO7S/c1-8-16(18-7)26-14(6)25-15(9-22-11(3)19)17(24-13(5)21)10(2)23-12(4)20/h10,14-15,17H,8-9H2,1-7H3/b18-16-/t10-,14?,15-,17+/m1/s1. The van der Waals surface area contributed by atoms with Crippen molar-refractivity contribution in [3.8, 4) is 0 Å². The lowest BCUT2D eigenvalue weighted by Crippen LogP contribution is -2.46. The highest BCUT2D eigenvalue weighted by Gasteiger charge is 2.35. The lowest BCUT2D eigenvalue weighted by atomic mass is 10.1. The van der Waals surface area contributed by atoms with E-state index >= 15 is 0 Å². The van der Waals surface area contributed by atoms with Crippen LogP contribution in [0.2, 0.25) is 0 Å². The van der Waals surface area contributed by atoms with Crippen LogP contribution in [0.15, 0.2) is 4.99 Å². The Labute approximate surface area is 159 Å². The van der Waals surface area contributed by atoms with Crippen molar-refractivity contribution >= 4 is 34.7 Å². The minimum atomic E-state index is -0.928. The van der Waals surface area contributed by atoms with Gasteiger partial charge in [-0.1, -0.05) is 18.7 Å². The second-order valence-corrected chi connectivity index (χ2v) is 6.89. The second-order valence-electron chi connectivity index (χ2n) is 5.52. The summed E-state index contributed by atoms with van der Waals surface area (Å²) in [5, 5.41) is 0.890. The number of thioether (sulfide) groups is 1. The first-order chi connectivity index (χ1) is 12.1. The van der Waals surface area contributed by atoms with Gasteiger partial charge in [0.1, 0.15) is 24.3 Å². The van der Waals surface area contributed by atoms with E-state index in [2.05, 4.69) is 4.99 Å². The van der Waals surface area contributed by atoms with Crippen molar-refractivity contribution in [2.24, 2.45) is 4.99 Å². The van der Waals surface area contributed by atoms with Gasteiger partial charge in [0, 0.05) is 27.8 Å². The summed E-state index contributed by atoms with van der Waals surface area (Å²) in [5.74, 6) is -1.57. The van der Waals surface area contributed by atoms with Crippen LogP contribution in [-0.2, 0) is 33.3 Å². The van der Waals surface area contributed by atoms with Crippen LogP contribution in [0.4, 0.5) is 0 Å². The Morgan fingerprint density at radius 1 is 1.00 bits per heavy atom. The van der Waals surface area contributed by atoms with Crippen molar-refractivity contribution in [2.45, 2.75) is 71.7 Å². The summed E-state index contributed by atoms with van der Waals surface area (Å²) in [6.07, 6.45) is -1.77. The number of ether oxygens (including phenoxy) is 4. The topological polar surface area (TPSA) is 100 Å². The molecule has 9 heteroatoms. The maximum atomic E-state index is 11.5. The van der Waals surface area contributed by atoms with Crippen LogP contribution in [0.3, 0.4) is 0 Å². The van der Waals surface area contributed by atoms with E-state index in [1.54, 1.807) is 14.0 Å². The van der Waals surface area contributed by atoms with Gasteiger partial charge in [-0.2, -0.15) is 0 Å². The summed E-state index contributed by atoms with van der Waals surface area (Å²) in [6, 6.07) is 0. The Morgan fingerprint density at radius 3 is 2.00 bits per heavy atom. The number of aliphatic imine (C=N–C) groups is 1. The molecular weight excluding hydrogens is 362 g/mol. The Kier molecular flexibility index (Phi) is 11.9. The van der Waals surface area contributed by atoms with Crippen LogP contribution in [0.1, 0.15) is 48.0 Å². The summed E-state index contributed by atoms with van der Waals surface area (Å²) < 4.78 is 21.4. The average molecular weight is 391 g/mol. The van der Waals surface area contributed by atoms with Gasteiger partial charge in [-0.15, -0.1) is 0 Å². The van der Waals surface area contributed by atoms with Crippen molar-refractivity contribution < 1.29 is 33.3 Å². The number of esters is 3. The number of carbonyl (C=O) groups is 3. The first-order valence-corrected chi connectivity index (χ1v) is 9.24. The number of hydrogen-bond acceptors (Lipinski definition) is 9. The van der Waals surface area contributed by atoms with Crippen LogP contribution >= 0.6 is 11.8 Å². The first-order valence-electron chi connectivity index (χ1n) is 8.36. The molecule has 0 aromatic rings. The predicted octanol–water partition coefficient (Wildman–Crippen LogP) is 2.34. The average Bonchev–Trinajstić information content (AvgIpc) is 2.53. The zero-order chi connectivity index (χ0) is 20.3. The predicted molar refractivity (Wildman–Crippen MR) is 99.0 cm³/mol. The van der Waals surface area contributed by atoms with Gasteiger partial charge in [-0.3, -0.25) is 19.4 Å². The molecule has 0 N–H and O–H groups in total. The van der Waals surface area contributed by atoms with E-state index in [4.69, 9.17) is 18.9 Å². The smallest absolute Gasteiger partial charge is 0.303 e. The Bertz CT molecular complexity index is 509. The molecule has 0 aliphatic carbocycles. The van der Waals surface area contributed by atoms with E-state index in [0.717, 1.165) is 11.5 Å². The van der Waals surface area contributed by atoms with E-state index in [0.29, 0.717) is 0 Å². The van der Waals surface area contributed by atoms with Gasteiger partial charge in [0.05, 0.1) is 5.04 Å². The molecule has 0 bridgehead atoms. The maximum absolute atomic E-state index is 11.5. The molecule has 0 fully saturated rings. The van der Waals surface area contributed by atoms with E-state index in [1.165, 1.54) is 32.5 Å². The highest BCUT2D eigenvalue weighted by atomic mass is 32.2. The first kappa shape index (κ1) is 24.4. The fraction of sp³-hybridized carbons (Fsp3) is 0.765. The number of rotatable bonds is 10. The minimum absolute atomic E-state index is 0.144. The van der Waals surface area contributed by atoms with Crippen LogP contribution in [0.25, 0.3) is 0 Å². The van der Waals surface area contributed by atoms with Crippen LogP contribution < -0.4 is 0 Å². The van der Waals surface area contributed by atoms with Crippen molar-refractivity contribution in [1.29, 1.82) is 0 Å². The molecule has 26 heavy (non-hydrogen) atoms. The highest BCUT2D eigenvalue weighted by Crippen LogP contribution is 2.22. The lowest BCUT2D eigenvalue weighted by molar-refractivity contribution is -0.184. The third-order valence-corrected chi connectivity index (χ3v) is 4.34. The molecule has 1 unspecified atom stereocenters. The third kappa shape index (κ3) is 10.4. The Morgan fingerprint density at radius 2 is 1.58 bits per heavy atom. The van der Waals surface area contributed by atoms with Crippen molar-refractivity contribution in [3.63, 3.8) is 0 Å². The zero-order valence-corrected chi connectivity index (χ0v) is 17.3. The molecule has 0 aliphatic rings. The molecule has 0 heterocycles. The summed E-state index contributed by atoms with van der Waals surface area (Å²) in [5.41, 5.74) is -0.350. The Hall–Kier alpha value is -1.61. The number of nitrogens with zero attached hydrogens (tertiary/aromatic N) is 1. The van der Waals surface area contributed by atoms with Gasteiger partial charge >= 0.3 is 17.9 Å². The molecule has 0 spiro atoms. The number of carbonyl (C=O) groups excluding carboxylic acids is 3. The summed E-state index contributed by atoms with van der Waals surface area (Å²) in [6.45, 7) is 9.00. The van der Waals surface area contributed by atoms with E-state index in [-0.39, 0.29) is 12.0 Å². The molecule has 0 amide bonds. The van der Waals surface area contributed by atoms with E-state index < -0.39 is 36.2 Å². The molecule has 0 aliphatic heterocycles. The van der Waals surface area contributed by atoms with Crippen LogP contribution in [-0.4, -0.2) is 60.4 Å². The van der Waals surface area contributed by atoms with Crippen molar-refractivity contribution in [2.75, 3.05) is 13.7 Å². The van der Waals surface area contributed by atoms with Gasteiger partial charge in [-0.25, -0.2) is 0 Å². The number of hydrogen-bond donors (Lipinski definition) is 0. The van der Waals surface area contributed by atoms with E-state index in [9.17, 15) is 14.4 Å². The molecule has 0 saturated carbocycles. The molecule has 8 nitrogen and oxygen atoms in total. The van der Waals surface area contributed by atoms with Crippen LogP contribution in [0.5, 0.6) is 0 Å². The fourth-order valence-corrected chi connectivity index (χ4v) is 3.02. The quantitative estimate of drug-likeness (QED) is 0.184. The van der Waals surface area contributed by atoms with Gasteiger partial charge < -0.3 is 18.9 Å². The normalized spacial score (nSPS) is 16.2. The molecule has 0 saturated heterocycles. The molecular formula is C17H29NO7S. The van der Waals surface area contributed by atoms with Gasteiger partial charge in [0.15, 0.2) is 6.10 Å². The van der Waals surface area contributed by atoms with Gasteiger partial charge in [0.2, 0.25) is 0 Å². The minimum Gasteiger partial charge on any atom is -0.463 e. The monoisotopic (exact) mass is 391 g/mol. The molecule has 0 rings (SSSR count). The summed E-state index contributed by atoms with van der Waals surface area (Å²) >= 11 is 1.41. The maximum Gasteiger partial charge on any atom is 0.303 e.